The van der Waals surface area contributed by atoms with Gasteiger partial charge in [-0.25, -0.2) is 9.97 Å². The van der Waals surface area contributed by atoms with Crippen molar-refractivity contribution in [2.24, 2.45) is 0 Å². The van der Waals surface area contributed by atoms with Gasteiger partial charge in [0.15, 0.2) is 11.6 Å². The Balaban J connectivity index is 1.06. The van der Waals surface area contributed by atoms with Crippen LogP contribution < -0.4 is 0 Å². The summed E-state index contributed by atoms with van der Waals surface area (Å²) in [6, 6.07) is 77.8. The second-order valence-electron chi connectivity index (χ2n) is 17.0. The molecule has 1 unspecified atom stereocenters. The van der Waals surface area contributed by atoms with Gasteiger partial charge in [-0.15, -0.1) is 11.3 Å². The van der Waals surface area contributed by atoms with Gasteiger partial charge in [0.2, 0.25) is 5.95 Å². The lowest BCUT2D eigenvalue weighted by Gasteiger charge is -2.30. The third kappa shape index (κ3) is 6.53. The number of benzene rings is 9. The number of rotatable bonds is 7. The zero-order valence-electron chi connectivity index (χ0n) is 35.7. The molecule has 1 aliphatic rings. The Morgan fingerprint density at radius 2 is 1.03 bits per heavy atom. The first kappa shape index (κ1) is 38.2. The summed E-state index contributed by atoms with van der Waals surface area (Å²) in [7, 11) is 0. The molecule has 0 spiro atoms. The van der Waals surface area contributed by atoms with E-state index in [0.29, 0.717) is 17.6 Å². The van der Waals surface area contributed by atoms with Gasteiger partial charge in [0, 0.05) is 33.4 Å². The van der Waals surface area contributed by atoms with Gasteiger partial charge in [-0.05, 0) is 92.9 Å². The van der Waals surface area contributed by atoms with Crippen molar-refractivity contribution in [1.29, 1.82) is 0 Å². The van der Waals surface area contributed by atoms with E-state index in [1.807, 2.05) is 18.2 Å². The van der Waals surface area contributed by atoms with Crippen molar-refractivity contribution in [1.82, 2.24) is 24.5 Å². The van der Waals surface area contributed by atoms with Crippen LogP contribution in [0.5, 0.6) is 0 Å². The first-order valence-electron chi connectivity index (χ1n) is 22.4. The van der Waals surface area contributed by atoms with E-state index in [1.54, 1.807) is 11.3 Å². The summed E-state index contributed by atoms with van der Waals surface area (Å²) in [6.07, 6.45) is 0.858. The molecule has 1 atom stereocenters. The monoisotopic (exact) mass is 861 g/mol. The molecule has 66 heavy (non-hydrogen) atoms. The van der Waals surface area contributed by atoms with Crippen LogP contribution in [0.4, 0.5) is 0 Å². The van der Waals surface area contributed by atoms with Crippen LogP contribution in [0.25, 0.3) is 105 Å². The lowest BCUT2D eigenvalue weighted by atomic mass is 9.74. The van der Waals surface area contributed by atoms with Gasteiger partial charge in [-0.1, -0.05) is 182 Å². The molecule has 1 aliphatic carbocycles. The van der Waals surface area contributed by atoms with E-state index in [9.17, 15) is 0 Å². The Morgan fingerprint density at radius 3 is 1.76 bits per heavy atom. The SMILES string of the molecule is c1ccc(-c2cc(-c3ccccc3)cc(-c3nc(-c4ccccc4)nc(-n4c5ccccc5c5ccc6c(c54)C(c4ccc(-c5nc7ccccc7s5)cc4)Cc4ccccc4-6)n3)c2)cc1. The Hall–Kier alpha value is -8.32. The minimum atomic E-state index is 0.0527. The molecule has 12 aromatic rings. The Labute approximate surface area is 386 Å². The normalized spacial score (nSPS) is 13.2. The minimum Gasteiger partial charge on any atom is -0.277 e. The molecule has 0 saturated heterocycles. The van der Waals surface area contributed by atoms with Crippen LogP contribution in [-0.2, 0) is 6.42 Å². The molecule has 3 aromatic heterocycles. The second-order valence-corrected chi connectivity index (χ2v) is 18.0. The Kier molecular flexibility index (Phi) is 9.10. The van der Waals surface area contributed by atoms with Gasteiger partial charge < -0.3 is 0 Å². The van der Waals surface area contributed by atoms with E-state index in [-0.39, 0.29) is 5.92 Å². The molecule has 0 aliphatic heterocycles. The van der Waals surface area contributed by atoms with Crippen molar-refractivity contribution in [3.8, 4) is 72.7 Å². The summed E-state index contributed by atoms with van der Waals surface area (Å²) in [5.74, 6) is 1.85. The van der Waals surface area contributed by atoms with Crippen LogP contribution in [0.15, 0.2) is 218 Å². The van der Waals surface area contributed by atoms with Crippen molar-refractivity contribution < 1.29 is 0 Å². The topological polar surface area (TPSA) is 56.5 Å². The van der Waals surface area contributed by atoms with Crippen molar-refractivity contribution >= 4 is 43.4 Å². The summed E-state index contributed by atoms with van der Waals surface area (Å²) < 4.78 is 3.51. The van der Waals surface area contributed by atoms with E-state index >= 15 is 0 Å². The van der Waals surface area contributed by atoms with Crippen LogP contribution in [0.1, 0.15) is 22.6 Å². The number of nitrogens with zero attached hydrogens (tertiary/aromatic N) is 5. The lowest BCUT2D eigenvalue weighted by molar-refractivity contribution is 0.795. The summed E-state index contributed by atoms with van der Waals surface area (Å²) in [6.45, 7) is 0. The minimum absolute atomic E-state index is 0.0527. The third-order valence-corrected chi connectivity index (χ3v) is 14.2. The fourth-order valence-electron chi connectivity index (χ4n) is 9.96. The molecular weight excluding hydrogens is 823 g/mol. The molecule has 310 valence electrons. The van der Waals surface area contributed by atoms with Crippen molar-refractivity contribution in [3.05, 3.63) is 235 Å². The number of para-hydroxylation sites is 2. The molecule has 0 N–H and O–H groups in total. The predicted octanol–water partition coefficient (Wildman–Crippen LogP) is 15.3. The number of hydrogen-bond acceptors (Lipinski definition) is 5. The molecule has 9 aromatic carbocycles. The molecule has 0 fully saturated rings. The van der Waals surface area contributed by atoms with Crippen LogP contribution >= 0.6 is 11.3 Å². The molecule has 0 saturated carbocycles. The first-order chi connectivity index (χ1) is 32.7. The molecular formula is C60H39N5S. The fourth-order valence-corrected chi connectivity index (χ4v) is 10.9. The number of hydrogen-bond donors (Lipinski definition) is 0. The smallest absolute Gasteiger partial charge is 0.238 e. The second kappa shape index (κ2) is 15.7. The van der Waals surface area contributed by atoms with E-state index < -0.39 is 0 Å². The number of aromatic nitrogens is 5. The largest absolute Gasteiger partial charge is 0.277 e. The summed E-state index contributed by atoms with van der Waals surface area (Å²) in [4.78, 5) is 21.2. The van der Waals surface area contributed by atoms with Gasteiger partial charge in [-0.3, -0.25) is 4.57 Å². The van der Waals surface area contributed by atoms with Gasteiger partial charge >= 0.3 is 0 Å². The maximum Gasteiger partial charge on any atom is 0.238 e. The number of thiazole rings is 1. The highest BCUT2D eigenvalue weighted by Crippen LogP contribution is 2.49. The zero-order chi connectivity index (χ0) is 43.6. The van der Waals surface area contributed by atoms with Crippen molar-refractivity contribution in [3.63, 3.8) is 0 Å². The van der Waals surface area contributed by atoms with E-state index in [0.717, 1.165) is 72.3 Å². The average molecular weight is 862 g/mol. The standard InChI is InChI=1S/C60H39N5S/c1-4-16-38(17-5-1)44-34-45(39-18-6-2-7-19-39)36-46(35-44)58-62-57(41-20-8-3-9-21-41)63-60(64-58)65-53-26-14-12-24-48(53)50-33-32-49-47-23-11-10-22-43(47)37-51(55(49)56(50)65)40-28-30-42(31-29-40)59-61-52-25-13-15-27-54(52)66-59/h1-36,51H,37H2. The van der Waals surface area contributed by atoms with E-state index in [4.69, 9.17) is 19.9 Å². The fraction of sp³-hybridized carbons (Fsp3) is 0.0333. The summed E-state index contributed by atoms with van der Waals surface area (Å²) in [5.41, 5.74) is 17.0. The molecule has 3 heterocycles. The maximum absolute atomic E-state index is 5.53. The lowest BCUT2D eigenvalue weighted by Crippen LogP contribution is -2.15. The van der Waals surface area contributed by atoms with Crippen LogP contribution in [0, 0.1) is 0 Å². The molecule has 6 heteroatoms. The molecule has 0 radical (unpaired) electrons. The van der Waals surface area contributed by atoms with Gasteiger partial charge in [0.05, 0.1) is 21.3 Å². The Morgan fingerprint density at radius 1 is 0.424 bits per heavy atom. The van der Waals surface area contributed by atoms with Crippen LogP contribution in [0.3, 0.4) is 0 Å². The quantitative estimate of drug-likeness (QED) is 0.160. The number of fused-ring (bicyclic) bond motifs is 8. The highest BCUT2D eigenvalue weighted by molar-refractivity contribution is 7.21. The Bertz CT molecular complexity index is 3690. The van der Waals surface area contributed by atoms with Gasteiger partial charge in [-0.2, -0.15) is 9.97 Å². The molecule has 5 nitrogen and oxygen atoms in total. The molecule has 0 amide bonds. The first-order valence-corrected chi connectivity index (χ1v) is 23.2. The van der Waals surface area contributed by atoms with Crippen molar-refractivity contribution in [2.45, 2.75) is 12.3 Å². The molecule has 0 bridgehead atoms. The summed E-state index contributed by atoms with van der Waals surface area (Å²) in [5, 5.41) is 3.35. The summed E-state index contributed by atoms with van der Waals surface area (Å²) >= 11 is 1.74. The maximum atomic E-state index is 5.53. The predicted molar refractivity (Wildman–Crippen MR) is 272 cm³/mol. The highest BCUT2D eigenvalue weighted by atomic mass is 32.1. The van der Waals surface area contributed by atoms with Gasteiger partial charge in [0.1, 0.15) is 5.01 Å². The third-order valence-electron chi connectivity index (χ3n) is 13.1. The van der Waals surface area contributed by atoms with Crippen molar-refractivity contribution in [2.75, 3.05) is 0 Å². The highest BCUT2D eigenvalue weighted by Gasteiger charge is 2.31. The van der Waals surface area contributed by atoms with Gasteiger partial charge in [0.25, 0.3) is 0 Å². The zero-order valence-corrected chi connectivity index (χ0v) is 36.5. The average Bonchev–Trinajstić information content (AvgIpc) is 3.99. The molecule has 13 rings (SSSR count). The van der Waals surface area contributed by atoms with Crippen LogP contribution in [0.2, 0.25) is 0 Å². The van der Waals surface area contributed by atoms with E-state index in [1.165, 1.54) is 37.9 Å². The van der Waals surface area contributed by atoms with E-state index in [2.05, 4.69) is 205 Å². The van der Waals surface area contributed by atoms with Crippen LogP contribution in [-0.4, -0.2) is 24.5 Å².